The fourth-order valence-corrected chi connectivity index (χ4v) is 0.588. The van der Waals surface area contributed by atoms with Gasteiger partial charge >= 0.3 is 0 Å². The van der Waals surface area contributed by atoms with Gasteiger partial charge in [0.1, 0.15) is 0 Å². The molecular formula is C6H15NO2. The molecular weight excluding hydrogens is 118 g/mol. The maximum absolute atomic E-state index is 9.15. The Morgan fingerprint density at radius 2 is 2.11 bits per heavy atom. The Morgan fingerprint density at radius 1 is 1.56 bits per heavy atom. The van der Waals surface area contributed by atoms with Crippen LogP contribution in [0.15, 0.2) is 0 Å². The molecule has 0 rings (SSSR count). The van der Waals surface area contributed by atoms with Crippen molar-refractivity contribution in [3.05, 3.63) is 0 Å². The van der Waals surface area contributed by atoms with Crippen molar-refractivity contribution in [2.45, 2.75) is 32.3 Å². The van der Waals surface area contributed by atoms with Gasteiger partial charge in [0.2, 0.25) is 0 Å². The van der Waals surface area contributed by atoms with Crippen molar-refractivity contribution in [3.8, 4) is 0 Å². The Labute approximate surface area is 55.8 Å². The second kappa shape index (κ2) is 3.82. The van der Waals surface area contributed by atoms with Gasteiger partial charge < -0.3 is 9.94 Å². The Morgan fingerprint density at radius 3 is 2.44 bits per heavy atom. The molecule has 0 bridgehead atoms. The van der Waals surface area contributed by atoms with Crippen molar-refractivity contribution < 1.29 is 9.94 Å². The molecule has 0 heterocycles. The monoisotopic (exact) mass is 133 g/mol. The van der Waals surface area contributed by atoms with E-state index >= 15 is 0 Å². The van der Waals surface area contributed by atoms with Gasteiger partial charge in [-0.15, -0.1) is 0 Å². The number of hydrogen-bond donors (Lipinski definition) is 2. The van der Waals surface area contributed by atoms with Gasteiger partial charge in [-0.3, -0.25) is 0 Å². The highest BCUT2D eigenvalue weighted by molar-refractivity contribution is 4.63. The highest BCUT2D eigenvalue weighted by Gasteiger charge is 2.10. The first-order valence-electron chi connectivity index (χ1n) is 3.10. The van der Waals surface area contributed by atoms with Gasteiger partial charge in [-0.25, -0.2) is 5.90 Å². The zero-order valence-electron chi connectivity index (χ0n) is 6.05. The molecule has 56 valence electrons. The molecule has 9 heavy (non-hydrogen) atoms. The summed E-state index contributed by atoms with van der Waals surface area (Å²) in [4.78, 5) is 4.33. The number of nitrogens with two attached hydrogens (primary N) is 1. The molecule has 0 aliphatic carbocycles. The minimum Gasteiger partial charge on any atom is -0.390 e. The fourth-order valence-electron chi connectivity index (χ4n) is 0.588. The molecule has 0 aliphatic rings. The second-order valence-electron chi connectivity index (χ2n) is 2.79. The van der Waals surface area contributed by atoms with Crippen LogP contribution in [-0.2, 0) is 4.84 Å². The fraction of sp³-hybridized carbons (Fsp3) is 1.00. The van der Waals surface area contributed by atoms with E-state index in [1.165, 1.54) is 0 Å². The van der Waals surface area contributed by atoms with Crippen molar-refractivity contribution in [1.82, 2.24) is 0 Å². The molecule has 3 N–H and O–H groups in total. The summed E-state index contributed by atoms with van der Waals surface area (Å²) in [7, 11) is 0. The third-order valence-electron chi connectivity index (χ3n) is 1.05. The first-order chi connectivity index (χ1) is 4.06. The Kier molecular flexibility index (Phi) is 3.77. The van der Waals surface area contributed by atoms with Gasteiger partial charge in [0.25, 0.3) is 0 Å². The van der Waals surface area contributed by atoms with Gasteiger partial charge in [0.05, 0.1) is 12.2 Å². The van der Waals surface area contributed by atoms with Crippen LogP contribution in [0.3, 0.4) is 0 Å². The Bertz CT molecular complexity index is 67.9. The summed E-state index contributed by atoms with van der Waals surface area (Å²) < 4.78 is 0. The van der Waals surface area contributed by atoms with Crippen molar-refractivity contribution in [2.75, 3.05) is 6.61 Å². The topological polar surface area (TPSA) is 55.5 Å². The van der Waals surface area contributed by atoms with Gasteiger partial charge in [-0.2, -0.15) is 0 Å². The van der Waals surface area contributed by atoms with Gasteiger partial charge in [-0.1, -0.05) is 0 Å². The summed E-state index contributed by atoms with van der Waals surface area (Å²) in [6, 6.07) is 0. The lowest BCUT2D eigenvalue weighted by molar-refractivity contribution is 0.0522. The van der Waals surface area contributed by atoms with E-state index in [2.05, 4.69) is 4.84 Å². The van der Waals surface area contributed by atoms with Crippen LogP contribution in [0, 0.1) is 0 Å². The van der Waals surface area contributed by atoms with Crippen LogP contribution in [0.5, 0.6) is 0 Å². The van der Waals surface area contributed by atoms with Crippen LogP contribution in [0.25, 0.3) is 0 Å². The lowest BCUT2D eigenvalue weighted by atomic mass is 10.0. The average Bonchev–Trinajstić information content (AvgIpc) is 1.63. The zero-order chi connectivity index (χ0) is 7.33. The normalized spacial score (nSPS) is 12.0. The van der Waals surface area contributed by atoms with E-state index < -0.39 is 5.60 Å². The second-order valence-corrected chi connectivity index (χ2v) is 2.79. The maximum Gasteiger partial charge on any atom is 0.0680 e. The summed E-state index contributed by atoms with van der Waals surface area (Å²) in [5, 5.41) is 9.15. The minimum absolute atomic E-state index is 0.518. The predicted molar refractivity (Wildman–Crippen MR) is 35.7 cm³/mol. The van der Waals surface area contributed by atoms with E-state index in [4.69, 9.17) is 11.0 Å². The molecule has 0 aromatic heterocycles. The van der Waals surface area contributed by atoms with E-state index in [1.807, 2.05) is 0 Å². The Hall–Kier alpha value is -0.120. The molecule has 3 heteroatoms. The van der Waals surface area contributed by atoms with E-state index in [0.717, 1.165) is 12.8 Å². The van der Waals surface area contributed by atoms with Gasteiger partial charge in [-0.05, 0) is 26.7 Å². The first-order valence-corrected chi connectivity index (χ1v) is 3.10. The SMILES string of the molecule is CC(C)(O)CCCON. The summed E-state index contributed by atoms with van der Waals surface area (Å²) in [5.74, 6) is 4.78. The first kappa shape index (κ1) is 8.88. The average molecular weight is 133 g/mol. The number of aliphatic hydroxyl groups is 1. The summed E-state index contributed by atoms with van der Waals surface area (Å²) >= 11 is 0. The third-order valence-corrected chi connectivity index (χ3v) is 1.05. The molecule has 3 nitrogen and oxygen atoms in total. The highest BCUT2D eigenvalue weighted by atomic mass is 16.6. The van der Waals surface area contributed by atoms with Crippen molar-refractivity contribution in [1.29, 1.82) is 0 Å². The van der Waals surface area contributed by atoms with E-state index in [1.54, 1.807) is 13.8 Å². The summed E-state index contributed by atoms with van der Waals surface area (Å²) in [6.45, 7) is 4.05. The molecule has 0 unspecified atom stereocenters. The molecule has 0 aromatic rings. The molecule has 0 aromatic carbocycles. The lowest BCUT2D eigenvalue weighted by Crippen LogP contribution is -2.19. The largest absolute Gasteiger partial charge is 0.390 e. The van der Waals surface area contributed by atoms with E-state index in [-0.39, 0.29) is 0 Å². The summed E-state index contributed by atoms with van der Waals surface area (Å²) in [5.41, 5.74) is -0.585. The van der Waals surface area contributed by atoms with Crippen LogP contribution in [0.2, 0.25) is 0 Å². The quantitative estimate of drug-likeness (QED) is 0.432. The van der Waals surface area contributed by atoms with Crippen LogP contribution >= 0.6 is 0 Å². The minimum atomic E-state index is -0.585. The van der Waals surface area contributed by atoms with E-state index in [9.17, 15) is 0 Å². The van der Waals surface area contributed by atoms with Crippen molar-refractivity contribution in [2.24, 2.45) is 5.90 Å². The molecule has 0 radical (unpaired) electrons. The number of rotatable bonds is 4. The van der Waals surface area contributed by atoms with Gasteiger partial charge in [0, 0.05) is 0 Å². The lowest BCUT2D eigenvalue weighted by Gasteiger charge is -2.15. The molecule has 0 aliphatic heterocycles. The molecule has 0 atom stereocenters. The molecule has 0 amide bonds. The highest BCUT2D eigenvalue weighted by Crippen LogP contribution is 2.08. The summed E-state index contributed by atoms with van der Waals surface area (Å²) in [6.07, 6.45) is 1.53. The van der Waals surface area contributed by atoms with Crippen molar-refractivity contribution >= 4 is 0 Å². The molecule has 0 fully saturated rings. The van der Waals surface area contributed by atoms with Crippen LogP contribution in [0.4, 0.5) is 0 Å². The van der Waals surface area contributed by atoms with Crippen LogP contribution in [-0.4, -0.2) is 17.3 Å². The number of hydrogen-bond acceptors (Lipinski definition) is 3. The molecule has 0 saturated carbocycles. The third kappa shape index (κ3) is 7.88. The van der Waals surface area contributed by atoms with E-state index in [0.29, 0.717) is 6.61 Å². The van der Waals surface area contributed by atoms with Crippen LogP contribution in [0.1, 0.15) is 26.7 Å². The van der Waals surface area contributed by atoms with Crippen molar-refractivity contribution in [3.63, 3.8) is 0 Å². The van der Waals surface area contributed by atoms with Gasteiger partial charge in [0.15, 0.2) is 0 Å². The predicted octanol–water partition coefficient (Wildman–Crippen LogP) is 0.428. The molecule has 0 saturated heterocycles. The standard InChI is InChI=1S/C6H15NO2/c1-6(2,8)4-3-5-9-7/h8H,3-5,7H2,1-2H3. The molecule has 0 spiro atoms. The maximum atomic E-state index is 9.15. The zero-order valence-corrected chi connectivity index (χ0v) is 6.05. The Balaban J connectivity index is 3.07. The van der Waals surface area contributed by atoms with Crippen LogP contribution < -0.4 is 5.90 Å². The smallest absolute Gasteiger partial charge is 0.0680 e.